The van der Waals surface area contributed by atoms with Gasteiger partial charge < -0.3 is 30.5 Å². The van der Waals surface area contributed by atoms with Gasteiger partial charge in [-0.3, -0.25) is 14.6 Å². The van der Waals surface area contributed by atoms with E-state index in [1.807, 2.05) is 6.20 Å². The van der Waals surface area contributed by atoms with Crippen LogP contribution in [0.1, 0.15) is 49.3 Å². The van der Waals surface area contributed by atoms with Crippen LogP contribution >= 0.6 is 0 Å². The second-order valence-corrected chi connectivity index (χ2v) is 10.1. The minimum absolute atomic E-state index is 0.00908. The minimum Gasteiger partial charge on any atom is -0.493 e. The van der Waals surface area contributed by atoms with Crippen LogP contribution in [-0.2, 0) is 33.7 Å². The predicted octanol–water partition coefficient (Wildman–Crippen LogP) is 2.29. The fourth-order valence-electron chi connectivity index (χ4n) is 4.55. The number of amides is 2. The summed E-state index contributed by atoms with van der Waals surface area (Å²) in [6.07, 6.45) is 5.14. The van der Waals surface area contributed by atoms with Crippen LogP contribution in [0.2, 0.25) is 0 Å². The van der Waals surface area contributed by atoms with Crippen molar-refractivity contribution >= 4 is 11.8 Å². The lowest BCUT2D eigenvalue weighted by Gasteiger charge is -2.25. The molecule has 39 heavy (non-hydrogen) atoms. The SMILES string of the molecule is CCc1cncc(CNCC(O)C2Cc3cc(F)cc(c3)OCC(COC)CCNC(=O)CCCC(=O)N2)c1. The summed E-state index contributed by atoms with van der Waals surface area (Å²) in [6, 6.07) is 5.81. The smallest absolute Gasteiger partial charge is 0.220 e. The molecule has 2 aromatic rings. The number of hydrogen-bond acceptors (Lipinski definition) is 7. The third kappa shape index (κ3) is 10.9. The molecular weight excluding hydrogens is 503 g/mol. The van der Waals surface area contributed by atoms with E-state index in [0.29, 0.717) is 50.5 Å². The van der Waals surface area contributed by atoms with Crippen LogP contribution in [-0.4, -0.2) is 67.5 Å². The normalized spacial score (nSPS) is 20.3. The van der Waals surface area contributed by atoms with E-state index in [2.05, 4.69) is 33.9 Å². The Balaban J connectivity index is 1.73. The standard InChI is InChI=1S/C29H41FN4O5/c1-3-20-9-23(15-31-14-20)16-32-17-27(35)26-12-22-10-24(30)13-25(11-22)39-19-21(18-38-2)7-8-33-28(36)5-4-6-29(37)34-26/h9-11,13-15,21,26-27,32,35H,3-8,12,16-19H2,1-2H3,(H,33,36)(H,34,37). The first-order chi connectivity index (χ1) is 18.9. The van der Waals surface area contributed by atoms with Gasteiger partial charge in [0.25, 0.3) is 0 Å². The van der Waals surface area contributed by atoms with E-state index in [1.54, 1.807) is 19.4 Å². The van der Waals surface area contributed by atoms with Gasteiger partial charge in [-0.05, 0) is 54.5 Å². The molecule has 1 aliphatic rings. The van der Waals surface area contributed by atoms with Crippen LogP contribution in [0.4, 0.5) is 4.39 Å². The number of aliphatic hydroxyl groups is 1. The van der Waals surface area contributed by atoms with Crippen molar-refractivity contribution in [3.8, 4) is 5.75 Å². The zero-order valence-corrected chi connectivity index (χ0v) is 22.9. The second kappa shape index (κ2) is 16.1. The van der Waals surface area contributed by atoms with E-state index in [-0.39, 0.29) is 43.5 Å². The Morgan fingerprint density at radius 1 is 1.18 bits per heavy atom. The zero-order chi connectivity index (χ0) is 28.0. The van der Waals surface area contributed by atoms with Crippen LogP contribution in [0.15, 0.2) is 36.7 Å². The summed E-state index contributed by atoms with van der Waals surface area (Å²) < 4.78 is 25.7. The number of pyridine rings is 1. The average molecular weight is 545 g/mol. The Bertz CT molecular complexity index is 1070. The van der Waals surface area contributed by atoms with Gasteiger partial charge >= 0.3 is 0 Å². The number of benzene rings is 1. The summed E-state index contributed by atoms with van der Waals surface area (Å²) in [4.78, 5) is 29.2. The van der Waals surface area contributed by atoms with E-state index >= 15 is 0 Å². The molecule has 0 fully saturated rings. The van der Waals surface area contributed by atoms with Crippen LogP contribution in [0.3, 0.4) is 0 Å². The molecule has 2 bridgehead atoms. The van der Waals surface area contributed by atoms with Crippen LogP contribution in [0.5, 0.6) is 5.75 Å². The summed E-state index contributed by atoms with van der Waals surface area (Å²) in [5.74, 6) is -0.489. The number of aryl methyl sites for hydroxylation is 1. The molecule has 0 spiro atoms. The number of carbonyl (C=O) groups excluding carboxylic acids is 2. The number of aromatic nitrogens is 1. The molecule has 214 valence electrons. The van der Waals surface area contributed by atoms with Gasteiger partial charge in [-0.1, -0.05) is 13.0 Å². The van der Waals surface area contributed by atoms with Gasteiger partial charge in [0, 0.05) is 64.0 Å². The molecule has 3 atom stereocenters. The largest absolute Gasteiger partial charge is 0.493 e. The Morgan fingerprint density at radius 2 is 1.97 bits per heavy atom. The van der Waals surface area contributed by atoms with Gasteiger partial charge in [0.1, 0.15) is 11.6 Å². The zero-order valence-electron chi connectivity index (χ0n) is 22.9. The summed E-state index contributed by atoms with van der Waals surface area (Å²) in [7, 11) is 1.60. The van der Waals surface area contributed by atoms with Crippen molar-refractivity contribution in [1.82, 2.24) is 20.9 Å². The summed E-state index contributed by atoms with van der Waals surface area (Å²) in [5.41, 5.74) is 2.72. The van der Waals surface area contributed by atoms with Crippen molar-refractivity contribution in [2.45, 2.75) is 64.1 Å². The number of rotatable bonds is 8. The number of ether oxygens (including phenoxy) is 2. The average Bonchev–Trinajstić information content (AvgIpc) is 2.90. The predicted molar refractivity (Wildman–Crippen MR) is 146 cm³/mol. The first kappa shape index (κ1) is 30.5. The van der Waals surface area contributed by atoms with Crippen molar-refractivity contribution in [2.75, 3.05) is 33.4 Å². The third-order valence-corrected chi connectivity index (χ3v) is 6.71. The van der Waals surface area contributed by atoms with Gasteiger partial charge in [-0.15, -0.1) is 0 Å². The molecule has 10 heteroatoms. The Kier molecular flexibility index (Phi) is 12.6. The molecule has 0 saturated carbocycles. The lowest BCUT2D eigenvalue weighted by molar-refractivity contribution is -0.123. The maximum atomic E-state index is 14.5. The Labute approximate surface area is 229 Å². The molecule has 3 unspecified atom stereocenters. The summed E-state index contributed by atoms with van der Waals surface area (Å²) in [6.45, 7) is 3.97. The molecular formula is C29H41FN4O5. The van der Waals surface area contributed by atoms with Crippen LogP contribution < -0.4 is 20.7 Å². The fourth-order valence-corrected chi connectivity index (χ4v) is 4.55. The molecule has 2 amide bonds. The monoisotopic (exact) mass is 544 g/mol. The van der Waals surface area contributed by atoms with Crippen LogP contribution in [0, 0.1) is 11.7 Å². The van der Waals surface area contributed by atoms with E-state index in [4.69, 9.17) is 9.47 Å². The van der Waals surface area contributed by atoms with E-state index < -0.39 is 18.0 Å². The second-order valence-electron chi connectivity index (χ2n) is 10.1. The fraction of sp³-hybridized carbons (Fsp3) is 0.552. The number of hydrogen-bond donors (Lipinski definition) is 4. The summed E-state index contributed by atoms with van der Waals surface area (Å²) >= 11 is 0. The third-order valence-electron chi connectivity index (χ3n) is 6.71. The maximum absolute atomic E-state index is 14.5. The molecule has 1 aliphatic heterocycles. The van der Waals surface area contributed by atoms with Crippen molar-refractivity contribution in [2.24, 2.45) is 5.92 Å². The first-order valence-electron chi connectivity index (χ1n) is 13.6. The highest BCUT2D eigenvalue weighted by Crippen LogP contribution is 2.20. The Morgan fingerprint density at radius 3 is 2.77 bits per heavy atom. The van der Waals surface area contributed by atoms with Gasteiger partial charge in [-0.25, -0.2) is 4.39 Å². The number of halogens is 1. The first-order valence-corrected chi connectivity index (χ1v) is 13.6. The highest BCUT2D eigenvalue weighted by Gasteiger charge is 2.23. The van der Waals surface area contributed by atoms with Gasteiger partial charge in [0.15, 0.2) is 0 Å². The van der Waals surface area contributed by atoms with E-state index in [0.717, 1.165) is 17.5 Å². The Hall–Kier alpha value is -3.08. The molecule has 1 aromatic heterocycles. The van der Waals surface area contributed by atoms with Crippen LogP contribution in [0.25, 0.3) is 0 Å². The van der Waals surface area contributed by atoms with E-state index in [9.17, 15) is 19.1 Å². The molecule has 1 aromatic carbocycles. The topological polar surface area (TPSA) is 122 Å². The number of carbonyl (C=O) groups is 2. The molecule has 0 radical (unpaired) electrons. The van der Waals surface area contributed by atoms with Gasteiger partial charge in [0.05, 0.1) is 25.4 Å². The highest BCUT2D eigenvalue weighted by molar-refractivity contribution is 5.79. The van der Waals surface area contributed by atoms with Crippen molar-refractivity contribution in [3.05, 3.63) is 59.2 Å². The molecule has 0 saturated heterocycles. The van der Waals surface area contributed by atoms with E-state index in [1.165, 1.54) is 12.1 Å². The maximum Gasteiger partial charge on any atom is 0.220 e. The van der Waals surface area contributed by atoms with Crippen molar-refractivity contribution in [3.63, 3.8) is 0 Å². The number of fused-ring (bicyclic) bond motifs is 2. The highest BCUT2D eigenvalue weighted by atomic mass is 19.1. The quantitative estimate of drug-likeness (QED) is 0.402. The number of nitrogens with zero attached hydrogens (tertiary/aromatic N) is 1. The van der Waals surface area contributed by atoms with Crippen molar-refractivity contribution in [1.29, 1.82) is 0 Å². The summed E-state index contributed by atoms with van der Waals surface area (Å²) in [5, 5.41) is 20.0. The molecule has 9 nitrogen and oxygen atoms in total. The molecule has 0 aliphatic carbocycles. The van der Waals surface area contributed by atoms with Gasteiger partial charge in [0.2, 0.25) is 11.8 Å². The number of aliphatic hydroxyl groups excluding tert-OH is 1. The molecule has 2 heterocycles. The lowest BCUT2D eigenvalue weighted by atomic mass is 10.00. The lowest BCUT2D eigenvalue weighted by Crippen LogP contribution is -2.48. The molecule has 3 rings (SSSR count). The van der Waals surface area contributed by atoms with Crippen molar-refractivity contribution < 1.29 is 28.6 Å². The van der Waals surface area contributed by atoms with Gasteiger partial charge in [-0.2, -0.15) is 0 Å². The number of nitrogens with one attached hydrogen (secondary N) is 3. The molecule has 4 N–H and O–H groups in total. The number of methoxy groups -OCH3 is 1. The minimum atomic E-state index is -0.944.